The SMILES string of the molecule is COc1ccc([C@@H]2[C@H]3CNC[C@H]3CN2C(=O)CCN2CCOCC2)cc1. The number of carbonyl (C=O) groups is 1. The molecule has 0 spiro atoms. The van der Waals surface area contributed by atoms with Crippen LogP contribution in [0.4, 0.5) is 0 Å². The number of nitrogens with one attached hydrogen (secondary N) is 1. The van der Waals surface area contributed by atoms with Crippen LogP contribution in [0.3, 0.4) is 0 Å². The van der Waals surface area contributed by atoms with E-state index in [9.17, 15) is 4.79 Å². The molecule has 3 aliphatic rings. The number of ether oxygens (including phenoxy) is 2. The maximum absolute atomic E-state index is 13.0. The summed E-state index contributed by atoms with van der Waals surface area (Å²) in [5.74, 6) is 2.22. The molecule has 6 heteroatoms. The minimum atomic E-state index is 0.179. The summed E-state index contributed by atoms with van der Waals surface area (Å²) in [6, 6.07) is 8.42. The third-order valence-electron chi connectivity index (χ3n) is 6.09. The number of hydrogen-bond donors (Lipinski definition) is 1. The lowest BCUT2D eigenvalue weighted by molar-refractivity contribution is -0.133. The van der Waals surface area contributed by atoms with Crippen molar-refractivity contribution in [1.82, 2.24) is 15.1 Å². The number of amides is 1. The van der Waals surface area contributed by atoms with E-state index in [2.05, 4.69) is 27.2 Å². The maximum Gasteiger partial charge on any atom is 0.224 e. The standard InChI is InChI=1S/C20H29N3O3/c1-25-17-4-2-15(3-5-17)20-18-13-21-12-16(18)14-23(20)19(24)6-7-22-8-10-26-11-9-22/h2-5,16,18,20-21H,6-14H2,1H3/t16-,18-,20+/m0/s1. The van der Waals surface area contributed by atoms with Gasteiger partial charge >= 0.3 is 0 Å². The molecule has 3 saturated heterocycles. The molecule has 6 nitrogen and oxygen atoms in total. The molecular formula is C20H29N3O3. The van der Waals surface area contributed by atoms with Crippen LogP contribution in [0.15, 0.2) is 24.3 Å². The van der Waals surface area contributed by atoms with Gasteiger partial charge in [0.05, 0.1) is 26.4 Å². The van der Waals surface area contributed by atoms with E-state index in [1.165, 1.54) is 5.56 Å². The van der Waals surface area contributed by atoms with Crippen molar-refractivity contribution in [2.24, 2.45) is 11.8 Å². The average molecular weight is 359 g/mol. The van der Waals surface area contributed by atoms with Gasteiger partial charge in [-0.05, 0) is 23.6 Å². The van der Waals surface area contributed by atoms with Gasteiger partial charge in [-0.15, -0.1) is 0 Å². The number of rotatable bonds is 5. The van der Waals surface area contributed by atoms with Crippen molar-refractivity contribution in [2.45, 2.75) is 12.5 Å². The summed E-state index contributed by atoms with van der Waals surface area (Å²) in [6.45, 7) is 7.15. The van der Waals surface area contributed by atoms with Gasteiger partial charge in [0.15, 0.2) is 0 Å². The second-order valence-corrected chi connectivity index (χ2v) is 7.55. The van der Waals surface area contributed by atoms with Gasteiger partial charge in [0.2, 0.25) is 5.91 Å². The van der Waals surface area contributed by atoms with Crippen molar-refractivity contribution in [3.05, 3.63) is 29.8 Å². The highest BCUT2D eigenvalue weighted by molar-refractivity contribution is 5.77. The van der Waals surface area contributed by atoms with Crippen LogP contribution in [0.1, 0.15) is 18.0 Å². The quantitative estimate of drug-likeness (QED) is 0.854. The molecule has 26 heavy (non-hydrogen) atoms. The summed E-state index contributed by atoms with van der Waals surface area (Å²) in [6.07, 6.45) is 0.597. The number of hydrogen-bond acceptors (Lipinski definition) is 5. The van der Waals surface area contributed by atoms with E-state index in [1.54, 1.807) is 7.11 Å². The van der Waals surface area contributed by atoms with Crippen LogP contribution in [-0.2, 0) is 9.53 Å². The van der Waals surface area contributed by atoms with Crippen LogP contribution < -0.4 is 10.1 Å². The Hall–Kier alpha value is -1.63. The van der Waals surface area contributed by atoms with Gasteiger partial charge in [-0.3, -0.25) is 9.69 Å². The van der Waals surface area contributed by atoms with Crippen molar-refractivity contribution in [3.8, 4) is 5.75 Å². The van der Waals surface area contributed by atoms with Gasteiger partial charge in [0.1, 0.15) is 5.75 Å². The Labute approximate surface area is 155 Å². The van der Waals surface area contributed by atoms with E-state index < -0.39 is 0 Å². The van der Waals surface area contributed by atoms with Crippen LogP contribution in [0.2, 0.25) is 0 Å². The summed E-state index contributed by atoms with van der Waals surface area (Å²) in [5, 5.41) is 3.50. The molecule has 0 bridgehead atoms. The molecule has 1 N–H and O–H groups in total. The number of fused-ring (bicyclic) bond motifs is 1. The van der Waals surface area contributed by atoms with Gasteiger partial charge in [-0.2, -0.15) is 0 Å². The Kier molecular flexibility index (Phi) is 5.43. The summed E-state index contributed by atoms with van der Waals surface area (Å²) in [7, 11) is 1.68. The lowest BCUT2D eigenvalue weighted by Gasteiger charge is -2.30. The summed E-state index contributed by atoms with van der Waals surface area (Å²) in [5.41, 5.74) is 1.22. The zero-order valence-corrected chi connectivity index (χ0v) is 15.5. The molecule has 3 fully saturated rings. The highest BCUT2D eigenvalue weighted by atomic mass is 16.5. The Morgan fingerprint density at radius 1 is 1.23 bits per heavy atom. The van der Waals surface area contributed by atoms with Crippen LogP contribution in [-0.4, -0.2) is 75.3 Å². The van der Waals surface area contributed by atoms with Gasteiger partial charge in [0.25, 0.3) is 0 Å². The predicted molar refractivity (Wildman–Crippen MR) is 99.2 cm³/mol. The van der Waals surface area contributed by atoms with Crippen molar-refractivity contribution in [3.63, 3.8) is 0 Å². The second kappa shape index (κ2) is 7.94. The Balaban J connectivity index is 1.46. The number of carbonyl (C=O) groups excluding carboxylic acids is 1. The molecule has 3 heterocycles. The fourth-order valence-electron chi connectivity index (χ4n) is 4.63. The smallest absolute Gasteiger partial charge is 0.224 e. The Bertz CT molecular complexity index is 615. The van der Waals surface area contributed by atoms with Crippen LogP contribution in [0.5, 0.6) is 5.75 Å². The van der Waals surface area contributed by atoms with E-state index in [0.29, 0.717) is 18.3 Å². The molecule has 0 unspecified atom stereocenters. The normalized spacial score (nSPS) is 29.0. The number of methoxy groups -OCH3 is 1. The molecule has 3 aliphatic heterocycles. The van der Waals surface area contributed by atoms with Crippen molar-refractivity contribution in [2.75, 3.05) is 59.6 Å². The topological polar surface area (TPSA) is 54.0 Å². The first kappa shape index (κ1) is 17.8. The highest BCUT2D eigenvalue weighted by Gasteiger charge is 2.46. The second-order valence-electron chi connectivity index (χ2n) is 7.55. The number of morpholine rings is 1. The zero-order valence-electron chi connectivity index (χ0n) is 15.5. The summed E-state index contributed by atoms with van der Waals surface area (Å²) in [4.78, 5) is 17.5. The average Bonchev–Trinajstić information content (AvgIpc) is 3.28. The molecule has 1 aromatic rings. The minimum absolute atomic E-state index is 0.179. The molecule has 0 aliphatic carbocycles. The Morgan fingerprint density at radius 2 is 2.00 bits per heavy atom. The summed E-state index contributed by atoms with van der Waals surface area (Å²) >= 11 is 0. The molecule has 3 atom stereocenters. The van der Waals surface area contributed by atoms with Crippen molar-refractivity contribution in [1.29, 1.82) is 0 Å². The Morgan fingerprint density at radius 3 is 2.73 bits per heavy atom. The number of benzene rings is 1. The number of likely N-dealkylation sites (tertiary alicyclic amines) is 1. The van der Waals surface area contributed by atoms with Gasteiger partial charge < -0.3 is 19.7 Å². The third-order valence-corrected chi connectivity index (χ3v) is 6.09. The van der Waals surface area contributed by atoms with Crippen LogP contribution in [0.25, 0.3) is 0 Å². The van der Waals surface area contributed by atoms with E-state index in [4.69, 9.17) is 9.47 Å². The lowest BCUT2D eigenvalue weighted by atomic mass is 9.89. The van der Waals surface area contributed by atoms with Gasteiger partial charge in [-0.1, -0.05) is 12.1 Å². The molecule has 0 aromatic heterocycles. The monoisotopic (exact) mass is 359 g/mol. The first-order chi connectivity index (χ1) is 12.8. The lowest BCUT2D eigenvalue weighted by Crippen LogP contribution is -2.40. The summed E-state index contributed by atoms with van der Waals surface area (Å²) < 4.78 is 10.7. The predicted octanol–water partition coefficient (Wildman–Crippen LogP) is 1.14. The molecule has 1 amide bonds. The molecule has 0 saturated carbocycles. The van der Waals surface area contributed by atoms with Crippen molar-refractivity contribution >= 4 is 5.91 Å². The fraction of sp³-hybridized carbons (Fsp3) is 0.650. The zero-order chi connectivity index (χ0) is 17.9. The molecule has 1 aromatic carbocycles. The van der Waals surface area contributed by atoms with Crippen molar-refractivity contribution < 1.29 is 14.3 Å². The largest absolute Gasteiger partial charge is 0.497 e. The first-order valence-corrected chi connectivity index (χ1v) is 9.70. The van der Waals surface area contributed by atoms with Gasteiger partial charge in [0, 0.05) is 51.6 Å². The van der Waals surface area contributed by atoms with E-state index in [1.807, 2.05) is 12.1 Å². The molecule has 4 rings (SSSR count). The maximum atomic E-state index is 13.0. The van der Waals surface area contributed by atoms with E-state index in [-0.39, 0.29) is 11.9 Å². The van der Waals surface area contributed by atoms with Crippen LogP contribution in [0, 0.1) is 11.8 Å². The van der Waals surface area contributed by atoms with E-state index >= 15 is 0 Å². The first-order valence-electron chi connectivity index (χ1n) is 9.70. The third kappa shape index (κ3) is 3.59. The van der Waals surface area contributed by atoms with E-state index in [0.717, 1.165) is 58.2 Å². The molecular weight excluding hydrogens is 330 g/mol. The minimum Gasteiger partial charge on any atom is -0.497 e. The number of nitrogens with zero attached hydrogens (tertiary/aromatic N) is 2. The molecule has 0 radical (unpaired) electrons. The van der Waals surface area contributed by atoms with Gasteiger partial charge in [-0.25, -0.2) is 0 Å². The highest BCUT2D eigenvalue weighted by Crippen LogP contribution is 2.43. The fourth-order valence-corrected chi connectivity index (χ4v) is 4.63. The molecule has 142 valence electrons. The van der Waals surface area contributed by atoms with Crippen LogP contribution >= 0.6 is 0 Å².